The Hall–Kier alpha value is -4.52. The maximum Gasteiger partial charge on any atom is 0.407 e. The molecule has 0 fully saturated rings. The number of carbonyl (C=O) groups excluding carboxylic acids is 16. The van der Waals surface area contributed by atoms with Crippen molar-refractivity contribution in [3.8, 4) is 0 Å². The van der Waals surface area contributed by atoms with Crippen LogP contribution in [0.4, 0.5) is 4.79 Å². The highest BCUT2D eigenvalue weighted by molar-refractivity contribution is 9.11. The van der Waals surface area contributed by atoms with Gasteiger partial charge in [-0.15, -0.1) is 0 Å². The average Bonchev–Trinajstić information content (AvgIpc) is 0.841. The summed E-state index contributed by atoms with van der Waals surface area (Å²) in [6.07, 6.45) is -2.00. The van der Waals surface area contributed by atoms with Crippen molar-refractivity contribution in [1.82, 2.24) is 37.2 Å². The predicted molar refractivity (Wildman–Crippen MR) is 485 cm³/mol. The minimum Gasteiger partial charge on any atom is -0.464 e. The Balaban J connectivity index is 7.45. The lowest BCUT2D eigenvalue weighted by Crippen LogP contribution is -2.54. The van der Waals surface area contributed by atoms with E-state index in [1.165, 1.54) is 125 Å². The summed E-state index contributed by atoms with van der Waals surface area (Å²) in [7, 11) is 0. The van der Waals surface area contributed by atoms with Crippen molar-refractivity contribution in [2.75, 3.05) is 158 Å². The first-order chi connectivity index (χ1) is 56.2. The fraction of sp³-hybridized carbons (Fsp3) is 0.795. The zero-order valence-corrected chi connectivity index (χ0v) is 88.5. The fourth-order valence-corrected chi connectivity index (χ4v) is 9.76. The normalized spacial score (nSPS) is 12.8. The van der Waals surface area contributed by atoms with Gasteiger partial charge in [0.2, 0.25) is 35.4 Å². The second kappa shape index (κ2) is 53.1. The number of rotatable bonds is 59. The molecular weight excluding hydrogens is 2230 g/mol. The van der Waals surface area contributed by atoms with Crippen LogP contribution in [-0.2, 0) is 138 Å². The van der Waals surface area contributed by atoms with Crippen LogP contribution in [0.3, 0.4) is 0 Å². The summed E-state index contributed by atoms with van der Waals surface area (Å²) in [4.78, 5) is 213. The molecule has 0 rings (SSSR count). The molecule has 0 aliphatic rings. The predicted octanol–water partition coefficient (Wildman–Crippen LogP) is 7.84. The van der Waals surface area contributed by atoms with Crippen molar-refractivity contribution in [3.63, 3.8) is 0 Å². The standard InChI is InChI=1S/C78H124Br9N7O30/c1-65(2,3)124-64(110)91-28-29-111-36-75(33-92-49(95)22-25-88-52(98)30-112-37-76(40-115-55(101)66(4,5)79,41-116-56(102)67(6,7)80)42-117-57(103)68(8,9)81,34-93-50(96)23-26-89-53(99)31-113-38-77(43-118-58(104)69(10,11)82,44-119-59(105)70(12,13)83)45-120-60(106)71(14,15)84)35-94-51(97)24-27-90-54(100)32-114-39-78(46-121-61(107)72(16,17)85,47-122-62(108)73(18,19)86)48-123-63(109)74(20,21)87/h22-48H2,1-21H3,(H,88,98)(H,89,99)(H,90,100)(H,91,110)(H,92,95)(H,93,96)(H,94,97). The molecule has 124 heavy (non-hydrogen) atoms. The van der Waals surface area contributed by atoms with Crippen molar-refractivity contribution in [3.05, 3.63) is 0 Å². The van der Waals surface area contributed by atoms with Gasteiger partial charge in [-0.3, -0.25) is 71.9 Å². The fourth-order valence-electron chi connectivity index (χ4n) is 8.73. The van der Waals surface area contributed by atoms with Crippen LogP contribution >= 0.6 is 143 Å². The zero-order valence-electron chi connectivity index (χ0n) is 74.2. The van der Waals surface area contributed by atoms with E-state index in [-0.39, 0.29) is 32.8 Å². The van der Waals surface area contributed by atoms with Gasteiger partial charge in [0.05, 0.1) is 49.3 Å². The van der Waals surface area contributed by atoms with E-state index in [4.69, 9.17) is 66.3 Å². The summed E-state index contributed by atoms with van der Waals surface area (Å²) >= 11 is 29.3. The molecule has 0 heterocycles. The molecule has 7 N–H and O–H groups in total. The van der Waals surface area contributed by atoms with Crippen molar-refractivity contribution >= 4 is 239 Å². The van der Waals surface area contributed by atoms with E-state index >= 15 is 0 Å². The van der Waals surface area contributed by atoms with Crippen molar-refractivity contribution in [2.24, 2.45) is 21.7 Å². The molecule has 0 aliphatic heterocycles. The monoisotopic (exact) mass is 2350 g/mol. The molecule has 0 saturated heterocycles. The third-order valence-corrected chi connectivity index (χ3v) is 19.1. The Morgan fingerprint density at radius 1 is 0.218 bits per heavy atom. The number of nitrogens with one attached hydrogen (secondary N) is 7. The number of hydrogen-bond donors (Lipinski definition) is 7. The molecule has 0 atom stereocenters. The minimum absolute atomic E-state index is 0.131. The Morgan fingerprint density at radius 2 is 0.403 bits per heavy atom. The summed E-state index contributed by atoms with van der Waals surface area (Å²) in [5, 5.41) is 18.5. The number of alkyl halides is 9. The van der Waals surface area contributed by atoms with Gasteiger partial charge in [0.15, 0.2) is 0 Å². The van der Waals surface area contributed by atoms with E-state index in [9.17, 15) is 76.7 Å². The number of carbonyl (C=O) groups is 16. The van der Waals surface area contributed by atoms with Gasteiger partial charge in [0.25, 0.3) is 0 Å². The van der Waals surface area contributed by atoms with Gasteiger partial charge < -0.3 is 104 Å². The molecule has 37 nitrogen and oxygen atoms in total. The maximum atomic E-state index is 14.0. The molecule has 0 aromatic rings. The Kier molecular flexibility index (Phi) is 51.2. The summed E-state index contributed by atoms with van der Waals surface area (Å²) in [5.74, 6) is -11.1. The first-order valence-corrected chi connectivity index (χ1v) is 46.0. The van der Waals surface area contributed by atoms with Gasteiger partial charge in [-0.05, 0) is 145 Å². The van der Waals surface area contributed by atoms with Gasteiger partial charge in [-0.2, -0.15) is 0 Å². The molecule has 0 unspecified atom stereocenters. The van der Waals surface area contributed by atoms with E-state index in [0.717, 1.165) is 0 Å². The first-order valence-electron chi connectivity index (χ1n) is 38.9. The van der Waals surface area contributed by atoms with E-state index < -0.39 is 306 Å². The number of amides is 7. The van der Waals surface area contributed by atoms with Gasteiger partial charge in [-0.25, -0.2) is 4.79 Å². The molecule has 0 aliphatic carbocycles. The quantitative estimate of drug-likeness (QED) is 0.0132. The highest BCUT2D eigenvalue weighted by Crippen LogP contribution is 2.33. The molecule has 0 bridgehead atoms. The number of esters is 9. The smallest absolute Gasteiger partial charge is 0.407 e. The summed E-state index contributed by atoms with van der Waals surface area (Å²) in [6.45, 7) is 21.1. The van der Waals surface area contributed by atoms with Crippen LogP contribution in [0.1, 0.15) is 165 Å². The Bertz CT molecular complexity index is 3030. The van der Waals surface area contributed by atoms with E-state index in [1.54, 1.807) is 20.8 Å². The van der Waals surface area contributed by atoms with E-state index in [2.05, 4.69) is 181 Å². The van der Waals surface area contributed by atoms with Crippen molar-refractivity contribution < 1.29 is 143 Å². The molecular formula is C78H124Br9N7O30. The van der Waals surface area contributed by atoms with Crippen LogP contribution < -0.4 is 37.2 Å². The third kappa shape index (κ3) is 52.4. The van der Waals surface area contributed by atoms with Gasteiger partial charge >= 0.3 is 59.8 Å². The van der Waals surface area contributed by atoms with Crippen molar-refractivity contribution in [2.45, 2.75) is 209 Å². The van der Waals surface area contributed by atoms with Crippen molar-refractivity contribution in [1.29, 1.82) is 0 Å². The van der Waals surface area contributed by atoms with Crippen LogP contribution in [0.2, 0.25) is 0 Å². The molecule has 0 spiro atoms. The first kappa shape index (κ1) is 119. The molecule has 0 aromatic carbocycles. The van der Waals surface area contributed by atoms with Crippen LogP contribution in [0.25, 0.3) is 0 Å². The second-order valence-corrected chi connectivity index (χ2v) is 52.9. The second-order valence-electron chi connectivity index (χ2n) is 35.0. The lowest BCUT2D eigenvalue weighted by Gasteiger charge is -2.34. The largest absolute Gasteiger partial charge is 0.464 e. The van der Waals surface area contributed by atoms with E-state index in [1.807, 2.05) is 0 Å². The zero-order chi connectivity index (χ0) is 96.2. The average molecular weight is 2360 g/mol. The summed E-state index contributed by atoms with van der Waals surface area (Å²) < 4.78 is 68.7. The van der Waals surface area contributed by atoms with Crippen LogP contribution in [0.5, 0.6) is 0 Å². The Morgan fingerprint density at radius 3 is 0.581 bits per heavy atom. The SMILES string of the molecule is CC(C)(C)OC(=O)NCCOCC(CNC(=O)CCNC(=O)COCC(COC(=O)C(C)(C)Br)(COC(=O)C(C)(C)Br)COC(=O)C(C)(C)Br)(CNC(=O)CCNC(=O)COCC(COC(=O)C(C)(C)Br)(COC(=O)C(C)(C)Br)COC(=O)C(C)(C)Br)CNC(=O)CCNC(=O)COCC(COC(=O)C(C)(C)Br)(COC(=O)C(C)(C)Br)COC(=O)C(C)(C)Br. The molecule has 0 saturated carbocycles. The minimum atomic E-state index is -1.60. The Labute approximate surface area is 801 Å². The summed E-state index contributed by atoms with van der Waals surface area (Å²) in [5.41, 5.74) is -7.19. The van der Waals surface area contributed by atoms with Crippen LogP contribution in [0, 0.1) is 21.7 Å². The van der Waals surface area contributed by atoms with Crippen LogP contribution in [0.15, 0.2) is 0 Å². The number of alkyl carbamates (subject to hydrolysis) is 1. The number of hydrogen-bond acceptors (Lipinski definition) is 30. The molecule has 7 amide bonds. The highest BCUT2D eigenvalue weighted by atomic mass is 79.9. The highest BCUT2D eigenvalue weighted by Gasteiger charge is 2.46. The molecule has 46 heteroatoms. The summed E-state index contributed by atoms with van der Waals surface area (Å²) in [6, 6.07) is 0. The van der Waals surface area contributed by atoms with Gasteiger partial charge in [-0.1, -0.05) is 143 Å². The third-order valence-electron chi connectivity index (χ3n) is 16.2. The van der Waals surface area contributed by atoms with Gasteiger partial charge in [0, 0.05) is 70.5 Å². The van der Waals surface area contributed by atoms with Crippen LogP contribution in [-0.4, -0.2) is 298 Å². The number of halogens is 9. The van der Waals surface area contributed by atoms with E-state index in [0.29, 0.717) is 0 Å². The maximum absolute atomic E-state index is 14.0. The topological polar surface area (TPSA) is 487 Å². The lowest BCUT2D eigenvalue weighted by molar-refractivity contribution is -0.172. The number of ether oxygens (including phenoxy) is 14. The lowest BCUT2D eigenvalue weighted by atomic mass is 9.88. The van der Waals surface area contributed by atoms with Gasteiger partial charge in [0.1, 0.15) is 124 Å². The molecule has 0 radical (unpaired) electrons. The molecule has 0 aromatic heterocycles. The molecule has 714 valence electrons.